The number of benzene rings is 2. The Kier molecular flexibility index (Phi) is 7.31. The zero-order valence-electron chi connectivity index (χ0n) is 16.1. The van der Waals surface area contributed by atoms with Gasteiger partial charge >= 0.3 is 11.7 Å². The van der Waals surface area contributed by atoms with Crippen molar-refractivity contribution < 1.29 is 35.9 Å². The van der Waals surface area contributed by atoms with Gasteiger partial charge in [0.1, 0.15) is 12.4 Å². The first kappa shape index (κ1) is 24.9. The first-order valence-electron chi connectivity index (χ1n) is 8.60. The lowest BCUT2D eigenvalue weighted by atomic mass is 10.0. The third kappa shape index (κ3) is 6.82. The van der Waals surface area contributed by atoms with Crippen molar-refractivity contribution in [3.05, 3.63) is 59.2 Å². The lowest BCUT2D eigenvalue weighted by Crippen LogP contribution is -2.49. The highest BCUT2D eigenvalue weighted by Gasteiger charge is 2.36. The molecule has 168 valence electrons. The topological polar surface area (TPSA) is 85.9 Å². The van der Waals surface area contributed by atoms with Gasteiger partial charge in [0, 0.05) is 10.5 Å². The van der Waals surface area contributed by atoms with E-state index in [1.165, 1.54) is 6.92 Å². The summed E-state index contributed by atoms with van der Waals surface area (Å²) in [6, 6.07) is 10.2. The minimum Gasteiger partial charge on any atom is -0.489 e. The van der Waals surface area contributed by atoms with Crippen LogP contribution < -0.4 is 10.1 Å². The van der Waals surface area contributed by atoms with E-state index in [2.05, 4.69) is 5.32 Å². The Balaban J connectivity index is 2.16. The summed E-state index contributed by atoms with van der Waals surface area (Å²) in [7, 11) is 0. The van der Waals surface area contributed by atoms with Crippen LogP contribution in [0.2, 0.25) is 0 Å². The quantitative estimate of drug-likeness (QED) is 0.456. The van der Waals surface area contributed by atoms with Gasteiger partial charge in [0.15, 0.2) is 5.54 Å². The van der Waals surface area contributed by atoms with E-state index in [1.54, 1.807) is 12.1 Å². The Morgan fingerprint density at radius 1 is 1.06 bits per heavy atom. The van der Waals surface area contributed by atoms with Crippen molar-refractivity contribution in [3.63, 3.8) is 0 Å². The van der Waals surface area contributed by atoms with Crippen molar-refractivity contribution in [1.82, 2.24) is 5.32 Å². The molecule has 2 aromatic rings. The number of halogens is 6. The predicted octanol–water partition coefficient (Wildman–Crippen LogP) is 5.28. The van der Waals surface area contributed by atoms with E-state index in [4.69, 9.17) is 10.00 Å². The van der Waals surface area contributed by atoms with Crippen molar-refractivity contribution in [1.29, 1.82) is 10.5 Å². The number of rotatable bonds is 6. The molecular formula is C20H13F6N3O2S. The first-order chi connectivity index (χ1) is 14.8. The number of thioether (sulfide) groups is 1. The van der Waals surface area contributed by atoms with Gasteiger partial charge in [0.05, 0.1) is 23.3 Å². The maximum absolute atomic E-state index is 13.2. The molecule has 1 N–H and O–H groups in total. The van der Waals surface area contributed by atoms with Crippen LogP contribution in [0, 0.1) is 22.7 Å². The molecule has 32 heavy (non-hydrogen) atoms. The van der Waals surface area contributed by atoms with Crippen LogP contribution in [0.5, 0.6) is 5.75 Å². The zero-order valence-corrected chi connectivity index (χ0v) is 17.0. The summed E-state index contributed by atoms with van der Waals surface area (Å²) >= 11 is -0.368. The summed E-state index contributed by atoms with van der Waals surface area (Å²) in [6.07, 6.45) is -4.79. The molecule has 0 unspecified atom stereocenters. The van der Waals surface area contributed by atoms with Crippen molar-refractivity contribution in [2.45, 2.75) is 29.0 Å². The van der Waals surface area contributed by atoms with Crippen LogP contribution in [-0.2, 0) is 6.18 Å². The molecule has 1 atom stereocenters. The van der Waals surface area contributed by atoms with E-state index in [0.717, 1.165) is 36.4 Å². The van der Waals surface area contributed by atoms with E-state index >= 15 is 0 Å². The minimum absolute atomic E-state index is 0.0690. The SMILES string of the molecule is C[C@](C#N)(COc1cc(C#N)ccc1C(F)(F)F)NC(=O)c1ccc(SC(F)(F)F)cc1. The molecule has 0 aromatic heterocycles. The highest BCUT2D eigenvalue weighted by atomic mass is 32.2. The average Bonchev–Trinajstić information content (AvgIpc) is 2.70. The number of ether oxygens (including phenoxy) is 1. The average molecular weight is 473 g/mol. The maximum atomic E-state index is 13.2. The monoisotopic (exact) mass is 473 g/mol. The normalized spacial score (nSPS) is 13.4. The predicted molar refractivity (Wildman–Crippen MR) is 101 cm³/mol. The first-order valence-corrected chi connectivity index (χ1v) is 9.42. The van der Waals surface area contributed by atoms with Gasteiger partial charge in [-0.3, -0.25) is 4.79 Å². The van der Waals surface area contributed by atoms with Crippen LogP contribution in [-0.4, -0.2) is 23.6 Å². The van der Waals surface area contributed by atoms with Crippen LogP contribution in [0.3, 0.4) is 0 Å². The molecule has 0 aliphatic heterocycles. The second-order valence-corrected chi connectivity index (χ2v) is 7.72. The van der Waals surface area contributed by atoms with Crippen LogP contribution >= 0.6 is 11.8 Å². The fourth-order valence-corrected chi connectivity index (χ4v) is 2.93. The number of carbonyl (C=O) groups excluding carboxylic acids is 1. The Labute approximate surface area is 182 Å². The zero-order chi connectivity index (χ0) is 24.2. The third-order valence-electron chi connectivity index (χ3n) is 3.92. The van der Waals surface area contributed by atoms with Crippen molar-refractivity contribution >= 4 is 17.7 Å². The number of hydrogen-bond donors (Lipinski definition) is 1. The van der Waals surface area contributed by atoms with Crippen molar-refractivity contribution in [2.75, 3.05) is 6.61 Å². The Morgan fingerprint density at radius 2 is 1.69 bits per heavy atom. The van der Waals surface area contributed by atoms with E-state index in [1.807, 2.05) is 0 Å². The summed E-state index contributed by atoms with van der Waals surface area (Å²) in [5.74, 6) is -1.54. The summed E-state index contributed by atoms with van der Waals surface area (Å²) in [4.78, 5) is 12.2. The number of amides is 1. The number of alkyl halides is 6. The minimum atomic E-state index is -4.79. The number of nitrogens with one attached hydrogen (secondary N) is 1. The molecule has 2 aromatic carbocycles. The molecular weight excluding hydrogens is 460 g/mol. The largest absolute Gasteiger partial charge is 0.489 e. The molecule has 0 heterocycles. The standard InChI is InChI=1S/C20H13F6N3O2S/c1-18(10-28,11-31-16-8-12(9-27)2-7-15(16)19(21,22)23)29-17(30)13-3-5-14(6-4-13)32-20(24,25)26/h2-8H,11H2,1H3,(H,29,30)/t18-/m0/s1. The van der Waals surface area contributed by atoms with E-state index in [0.29, 0.717) is 6.07 Å². The molecule has 0 aliphatic carbocycles. The van der Waals surface area contributed by atoms with Crippen LogP contribution in [0.15, 0.2) is 47.4 Å². The number of nitriles is 2. The second-order valence-electron chi connectivity index (χ2n) is 6.58. The molecule has 0 radical (unpaired) electrons. The molecule has 0 bridgehead atoms. The number of nitrogens with zero attached hydrogens (tertiary/aromatic N) is 2. The van der Waals surface area contributed by atoms with Gasteiger partial charge in [0.2, 0.25) is 0 Å². The molecule has 0 fully saturated rings. The van der Waals surface area contributed by atoms with Gasteiger partial charge < -0.3 is 10.1 Å². The molecule has 0 aliphatic rings. The van der Waals surface area contributed by atoms with E-state index < -0.39 is 41.1 Å². The van der Waals surface area contributed by atoms with Crippen LogP contribution in [0.4, 0.5) is 26.3 Å². The van der Waals surface area contributed by atoms with Gasteiger partial charge in [-0.25, -0.2) is 0 Å². The molecule has 0 saturated carbocycles. The van der Waals surface area contributed by atoms with E-state index in [-0.39, 0.29) is 27.8 Å². The molecule has 1 amide bonds. The highest BCUT2D eigenvalue weighted by Crippen LogP contribution is 2.38. The van der Waals surface area contributed by atoms with Gasteiger partial charge in [-0.2, -0.15) is 36.9 Å². The summed E-state index contributed by atoms with van der Waals surface area (Å²) < 4.78 is 81.9. The highest BCUT2D eigenvalue weighted by molar-refractivity contribution is 8.00. The summed E-state index contributed by atoms with van der Waals surface area (Å²) in [5, 5.41) is 20.6. The third-order valence-corrected chi connectivity index (χ3v) is 4.66. The molecule has 2 rings (SSSR count). The fraction of sp³-hybridized carbons (Fsp3) is 0.250. The fourth-order valence-electron chi connectivity index (χ4n) is 2.39. The summed E-state index contributed by atoms with van der Waals surface area (Å²) in [6.45, 7) is 0.495. The van der Waals surface area contributed by atoms with Gasteiger partial charge in [0.25, 0.3) is 5.91 Å². The number of hydrogen-bond acceptors (Lipinski definition) is 5. The van der Waals surface area contributed by atoms with Gasteiger partial charge in [-0.1, -0.05) is 0 Å². The maximum Gasteiger partial charge on any atom is 0.446 e. The lowest BCUT2D eigenvalue weighted by molar-refractivity contribution is -0.139. The van der Waals surface area contributed by atoms with Crippen molar-refractivity contribution in [2.24, 2.45) is 0 Å². The van der Waals surface area contributed by atoms with Crippen LogP contribution in [0.25, 0.3) is 0 Å². The molecule has 12 heteroatoms. The second kappa shape index (κ2) is 9.40. The van der Waals surface area contributed by atoms with Crippen molar-refractivity contribution in [3.8, 4) is 17.9 Å². The Hall–Kier alpha value is -3.38. The Bertz CT molecular complexity index is 1070. The van der Waals surface area contributed by atoms with Gasteiger partial charge in [-0.15, -0.1) is 0 Å². The molecule has 5 nitrogen and oxygen atoms in total. The number of carbonyl (C=O) groups is 1. The molecule has 0 spiro atoms. The van der Waals surface area contributed by atoms with E-state index in [9.17, 15) is 36.4 Å². The molecule has 0 saturated heterocycles. The van der Waals surface area contributed by atoms with Crippen LogP contribution in [0.1, 0.15) is 28.4 Å². The lowest BCUT2D eigenvalue weighted by Gasteiger charge is -2.24. The smallest absolute Gasteiger partial charge is 0.446 e. The van der Waals surface area contributed by atoms with Gasteiger partial charge in [-0.05, 0) is 61.2 Å². The Morgan fingerprint density at radius 3 is 2.19 bits per heavy atom. The summed E-state index contributed by atoms with van der Waals surface area (Å²) in [5.41, 5.74) is -7.63.